The van der Waals surface area contributed by atoms with E-state index in [4.69, 9.17) is 0 Å². The first kappa shape index (κ1) is 19.4. The second kappa shape index (κ2) is 9.03. The molecule has 28 heavy (non-hydrogen) atoms. The molecule has 2 aromatic carbocycles. The Kier molecular flexibility index (Phi) is 6.26. The number of nitrogens with one attached hydrogen (secondary N) is 1. The molecule has 0 aliphatic carbocycles. The Morgan fingerprint density at radius 3 is 2.43 bits per heavy atom. The number of hydrogen-bond donors (Lipinski definition) is 1. The molecule has 0 fully saturated rings. The summed E-state index contributed by atoms with van der Waals surface area (Å²) >= 11 is 0. The van der Waals surface area contributed by atoms with Crippen LogP contribution in [0.3, 0.4) is 0 Å². The smallest absolute Gasteiger partial charge is 0.216 e. The molecule has 0 spiro atoms. The van der Waals surface area contributed by atoms with Crippen LogP contribution in [0.1, 0.15) is 34.8 Å². The minimum Gasteiger partial charge on any atom is -0.356 e. The highest BCUT2D eigenvalue weighted by Crippen LogP contribution is 2.14. The average Bonchev–Trinajstić information content (AvgIpc) is 3.14. The van der Waals surface area contributed by atoms with E-state index in [-0.39, 0.29) is 18.2 Å². The van der Waals surface area contributed by atoms with Crippen LogP contribution in [0.5, 0.6) is 0 Å². The van der Waals surface area contributed by atoms with Crippen molar-refractivity contribution in [2.45, 2.75) is 33.2 Å². The Hall–Kier alpha value is -3.35. The Bertz CT molecular complexity index is 946. The van der Waals surface area contributed by atoms with Crippen molar-refractivity contribution in [2.24, 2.45) is 0 Å². The van der Waals surface area contributed by atoms with Gasteiger partial charge in [0.25, 0.3) is 0 Å². The molecule has 7 nitrogen and oxygen atoms in total. The fourth-order valence-corrected chi connectivity index (χ4v) is 2.76. The zero-order chi connectivity index (χ0) is 19.9. The Morgan fingerprint density at radius 2 is 1.75 bits per heavy atom. The molecule has 1 heterocycles. The van der Waals surface area contributed by atoms with Gasteiger partial charge in [0, 0.05) is 24.6 Å². The van der Waals surface area contributed by atoms with Crippen molar-refractivity contribution in [3.8, 4) is 11.4 Å². The number of carbonyl (C=O) groups excluding carboxylic acids is 2. The topological polar surface area (TPSA) is 89.8 Å². The number of ketones is 1. The van der Waals surface area contributed by atoms with E-state index in [1.165, 1.54) is 11.7 Å². The normalized spacial score (nSPS) is 10.6. The van der Waals surface area contributed by atoms with Gasteiger partial charge in [-0.05, 0) is 30.5 Å². The summed E-state index contributed by atoms with van der Waals surface area (Å²) in [7, 11) is 0. The lowest BCUT2D eigenvalue weighted by atomic mass is 10.1. The highest BCUT2D eigenvalue weighted by molar-refractivity contribution is 5.95. The SMILES string of the molecule is CC(=O)NCCCc1ccc(C(=O)Cn2nnc(-c3ccc(C)cc3)n2)cc1. The maximum absolute atomic E-state index is 12.5. The fraction of sp³-hybridized carbons (Fsp3) is 0.286. The Balaban J connectivity index is 1.56. The van der Waals surface area contributed by atoms with E-state index in [0.29, 0.717) is 17.9 Å². The minimum absolute atomic E-state index is 0.0202. The molecule has 144 valence electrons. The predicted molar refractivity (Wildman–Crippen MR) is 106 cm³/mol. The van der Waals surface area contributed by atoms with Gasteiger partial charge in [0.15, 0.2) is 5.78 Å². The van der Waals surface area contributed by atoms with Crippen LogP contribution in [-0.4, -0.2) is 38.4 Å². The maximum Gasteiger partial charge on any atom is 0.216 e. The fourth-order valence-electron chi connectivity index (χ4n) is 2.76. The highest BCUT2D eigenvalue weighted by atomic mass is 16.1. The van der Waals surface area contributed by atoms with Gasteiger partial charge in [-0.2, -0.15) is 4.80 Å². The van der Waals surface area contributed by atoms with Crippen LogP contribution >= 0.6 is 0 Å². The predicted octanol–water partition coefficient (Wildman–Crippen LogP) is 2.60. The van der Waals surface area contributed by atoms with Crippen LogP contribution in [0.2, 0.25) is 0 Å². The second-order valence-electron chi connectivity index (χ2n) is 6.72. The summed E-state index contributed by atoms with van der Waals surface area (Å²) in [6.07, 6.45) is 1.71. The summed E-state index contributed by atoms with van der Waals surface area (Å²) in [5.41, 5.74) is 3.76. The summed E-state index contributed by atoms with van der Waals surface area (Å²) in [5, 5.41) is 15.1. The number of hydrogen-bond acceptors (Lipinski definition) is 5. The third kappa shape index (κ3) is 5.33. The van der Waals surface area contributed by atoms with Gasteiger partial charge in [-0.15, -0.1) is 10.2 Å². The summed E-state index contributed by atoms with van der Waals surface area (Å²) < 4.78 is 0. The van der Waals surface area contributed by atoms with E-state index < -0.39 is 0 Å². The van der Waals surface area contributed by atoms with Crippen molar-refractivity contribution < 1.29 is 9.59 Å². The first-order valence-corrected chi connectivity index (χ1v) is 9.23. The molecule has 0 unspecified atom stereocenters. The minimum atomic E-state index is -0.0716. The summed E-state index contributed by atoms with van der Waals surface area (Å²) in [4.78, 5) is 24.6. The standard InChI is InChI=1S/C21H23N5O2/c1-15-5-9-19(10-6-15)21-23-25-26(24-21)14-20(28)18-11-7-17(8-12-18)4-3-13-22-16(2)27/h5-12H,3-4,13-14H2,1-2H3,(H,22,27). The lowest BCUT2D eigenvalue weighted by Crippen LogP contribution is -2.21. The van der Waals surface area contributed by atoms with Crippen molar-refractivity contribution in [1.29, 1.82) is 0 Å². The second-order valence-corrected chi connectivity index (χ2v) is 6.72. The van der Waals surface area contributed by atoms with Gasteiger partial charge in [0.1, 0.15) is 6.54 Å². The molecule has 1 N–H and O–H groups in total. The van der Waals surface area contributed by atoms with E-state index in [9.17, 15) is 9.59 Å². The van der Waals surface area contributed by atoms with Crippen molar-refractivity contribution >= 4 is 11.7 Å². The molecule has 0 radical (unpaired) electrons. The molecule has 7 heteroatoms. The number of benzene rings is 2. The first-order valence-electron chi connectivity index (χ1n) is 9.23. The van der Waals surface area contributed by atoms with Crippen LogP contribution in [-0.2, 0) is 17.8 Å². The van der Waals surface area contributed by atoms with E-state index in [1.54, 1.807) is 0 Å². The maximum atomic E-state index is 12.5. The third-order valence-corrected chi connectivity index (χ3v) is 4.34. The number of rotatable bonds is 8. The van der Waals surface area contributed by atoms with Gasteiger partial charge in [0.2, 0.25) is 11.7 Å². The van der Waals surface area contributed by atoms with Gasteiger partial charge >= 0.3 is 0 Å². The zero-order valence-corrected chi connectivity index (χ0v) is 16.1. The molecule has 0 saturated carbocycles. The zero-order valence-electron chi connectivity index (χ0n) is 16.1. The average molecular weight is 377 g/mol. The van der Waals surface area contributed by atoms with Gasteiger partial charge in [-0.3, -0.25) is 9.59 Å². The molecule has 0 saturated heterocycles. The third-order valence-electron chi connectivity index (χ3n) is 4.34. The lowest BCUT2D eigenvalue weighted by Gasteiger charge is -2.04. The Morgan fingerprint density at radius 1 is 1.04 bits per heavy atom. The van der Waals surface area contributed by atoms with Crippen molar-refractivity contribution in [3.05, 3.63) is 65.2 Å². The molecule has 0 aliphatic heterocycles. The summed E-state index contributed by atoms with van der Waals surface area (Å²) in [5.74, 6) is 0.410. The van der Waals surface area contributed by atoms with Gasteiger partial charge in [-0.25, -0.2) is 0 Å². The summed E-state index contributed by atoms with van der Waals surface area (Å²) in [6.45, 7) is 4.22. The molecule has 1 amide bonds. The van der Waals surface area contributed by atoms with Gasteiger partial charge in [0.05, 0.1) is 0 Å². The number of tetrazole rings is 1. The van der Waals surface area contributed by atoms with Crippen LogP contribution < -0.4 is 5.32 Å². The number of amides is 1. The van der Waals surface area contributed by atoms with Crippen LogP contribution in [0.25, 0.3) is 11.4 Å². The number of carbonyl (C=O) groups is 2. The summed E-state index contributed by atoms with van der Waals surface area (Å²) in [6, 6.07) is 15.3. The largest absolute Gasteiger partial charge is 0.356 e. The molecule has 0 aliphatic rings. The van der Waals surface area contributed by atoms with Crippen molar-refractivity contribution in [2.75, 3.05) is 6.54 Å². The number of aryl methyl sites for hydroxylation is 2. The van der Waals surface area contributed by atoms with E-state index >= 15 is 0 Å². The number of nitrogens with zero attached hydrogens (tertiary/aromatic N) is 4. The highest BCUT2D eigenvalue weighted by Gasteiger charge is 2.11. The van der Waals surface area contributed by atoms with E-state index in [1.807, 2.05) is 55.5 Å². The molecule has 3 rings (SSSR count). The first-order chi connectivity index (χ1) is 13.5. The monoisotopic (exact) mass is 377 g/mol. The number of Topliss-reactive ketones (excluding diaryl/α,β-unsaturated/α-hetero) is 1. The van der Waals surface area contributed by atoms with E-state index in [0.717, 1.165) is 29.5 Å². The number of aromatic nitrogens is 4. The molecular formula is C21H23N5O2. The van der Waals surface area contributed by atoms with Crippen molar-refractivity contribution in [1.82, 2.24) is 25.5 Å². The molecular weight excluding hydrogens is 354 g/mol. The lowest BCUT2D eigenvalue weighted by molar-refractivity contribution is -0.118. The van der Waals surface area contributed by atoms with Crippen molar-refractivity contribution in [3.63, 3.8) is 0 Å². The molecule has 0 atom stereocenters. The Labute approximate surface area is 163 Å². The van der Waals surface area contributed by atoms with Gasteiger partial charge < -0.3 is 5.32 Å². The van der Waals surface area contributed by atoms with Crippen LogP contribution in [0, 0.1) is 6.92 Å². The quantitative estimate of drug-likeness (QED) is 0.481. The van der Waals surface area contributed by atoms with Gasteiger partial charge in [-0.1, -0.05) is 54.1 Å². The molecule has 3 aromatic rings. The molecule has 1 aromatic heterocycles. The van der Waals surface area contributed by atoms with E-state index in [2.05, 4.69) is 20.7 Å². The van der Waals surface area contributed by atoms with Crippen LogP contribution in [0.4, 0.5) is 0 Å². The van der Waals surface area contributed by atoms with Crippen LogP contribution in [0.15, 0.2) is 48.5 Å². The molecule has 0 bridgehead atoms.